The number of halogens is 1. The number of likely N-dealkylation sites (tertiary alicyclic amines) is 1. The number of benzene rings is 2. The van der Waals surface area contributed by atoms with Crippen LogP contribution in [0.15, 0.2) is 48.5 Å². The minimum atomic E-state index is -0.466. The lowest BCUT2D eigenvalue weighted by Crippen LogP contribution is -2.62. The molecule has 1 saturated heterocycles. The number of methoxy groups -OCH3 is 1. The van der Waals surface area contributed by atoms with Crippen LogP contribution in [0.25, 0.3) is 0 Å². The van der Waals surface area contributed by atoms with Gasteiger partial charge in [-0.15, -0.1) is 0 Å². The lowest BCUT2D eigenvalue weighted by atomic mass is 9.74. The van der Waals surface area contributed by atoms with Crippen molar-refractivity contribution < 1.29 is 19.1 Å². The molecule has 7 heteroatoms. The molecule has 0 spiro atoms. The maximum atomic E-state index is 13.4. The largest absolute Gasteiger partial charge is 0.489 e. The Morgan fingerprint density at radius 3 is 2.56 bits per heavy atom. The lowest BCUT2D eigenvalue weighted by molar-refractivity contribution is -0.139. The van der Waals surface area contributed by atoms with Crippen molar-refractivity contribution >= 4 is 23.5 Å². The Labute approximate surface area is 193 Å². The van der Waals surface area contributed by atoms with Gasteiger partial charge in [0, 0.05) is 18.1 Å². The van der Waals surface area contributed by atoms with Crippen LogP contribution in [0.3, 0.4) is 0 Å². The van der Waals surface area contributed by atoms with Crippen LogP contribution in [0, 0.1) is 0 Å². The number of carbonyl (C=O) groups excluding carboxylic acids is 2. The summed E-state index contributed by atoms with van der Waals surface area (Å²) in [5.41, 5.74) is 0.976. The van der Waals surface area contributed by atoms with Gasteiger partial charge in [-0.2, -0.15) is 0 Å². The van der Waals surface area contributed by atoms with Crippen LogP contribution in [-0.4, -0.2) is 48.6 Å². The van der Waals surface area contributed by atoms with Crippen LogP contribution in [0.4, 0.5) is 0 Å². The van der Waals surface area contributed by atoms with Crippen molar-refractivity contribution in [1.82, 2.24) is 10.2 Å². The minimum absolute atomic E-state index is 0.0435. The van der Waals surface area contributed by atoms with Gasteiger partial charge in [0.15, 0.2) is 0 Å². The molecule has 2 atom stereocenters. The number of nitrogens with zero attached hydrogens (tertiary/aromatic N) is 1. The molecule has 0 bridgehead atoms. The second kappa shape index (κ2) is 9.51. The van der Waals surface area contributed by atoms with E-state index in [0.717, 1.165) is 50.1 Å². The summed E-state index contributed by atoms with van der Waals surface area (Å²) in [5.74, 6) is 0.461. The summed E-state index contributed by atoms with van der Waals surface area (Å²) in [4.78, 5) is 27.3. The van der Waals surface area contributed by atoms with Crippen molar-refractivity contribution in [1.29, 1.82) is 0 Å². The summed E-state index contributed by atoms with van der Waals surface area (Å²) in [5, 5.41) is 3.85. The smallest absolute Gasteiger partial charge is 0.337 e. The van der Waals surface area contributed by atoms with Crippen LogP contribution in [-0.2, 0) is 9.53 Å². The van der Waals surface area contributed by atoms with Crippen LogP contribution < -0.4 is 10.1 Å². The SMILES string of the molecule is COC(=O)c1ccc([C@H](C)NC(=O)C2(N3CC[C@@H](Oc4cccc(Cl)c4)C3)CCC2)cc1. The summed E-state index contributed by atoms with van der Waals surface area (Å²) < 4.78 is 10.9. The van der Waals surface area contributed by atoms with Gasteiger partial charge < -0.3 is 14.8 Å². The number of amides is 1. The van der Waals surface area contributed by atoms with Gasteiger partial charge >= 0.3 is 5.97 Å². The standard InChI is InChI=1S/C25H29ClN2O4/c1-17(18-7-9-19(10-8-18)23(29)31-2)27-24(30)25(12-4-13-25)28-14-11-22(16-28)32-21-6-3-5-20(26)15-21/h3,5-10,15,17,22H,4,11-14,16H2,1-2H3,(H,27,30)/t17-,22+/m0/s1. The molecule has 4 rings (SSSR count). The molecule has 6 nitrogen and oxygen atoms in total. The third kappa shape index (κ3) is 4.62. The highest BCUT2D eigenvalue weighted by molar-refractivity contribution is 6.30. The van der Waals surface area contributed by atoms with Crippen molar-refractivity contribution in [2.45, 2.75) is 50.3 Å². The molecule has 2 aliphatic rings. The number of ether oxygens (including phenoxy) is 2. The van der Waals surface area contributed by atoms with Gasteiger partial charge in [0.05, 0.1) is 18.7 Å². The number of hydrogen-bond acceptors (Lipinski definition) is 5. The van der Waals surface area contributed by atoms with E-state index in [-0.39, 0.29) is 24.0 Å². The van der Waals surface area contributed by atoms with E-state index in [1.54, 1.807) is 12.1 Å². The Bertz CT molecular complexity index is 974. The topological polar surface area (TPSA) is 67.9 Å². The highest BCUT2D eigenvalue weighted by Crippen LogP contribution is 2.41. The highest BCUT2D eigenvalue weighted by atomic mass is 35.5. The Morgan fingerprint density at radius 2 is 1.94 bits per heavy atom. The Morgan fingerprint density at radius 1 is 1.19 bits per heavy atom. The van der Waals surface area contributed by atoms with Crippen LogP contribution >= 0.6 is 11.6 Å². The molecule has 0 aromatic heterocycles. The first-order chi connectivity index (χ1) is 15.4. The molecule has 2 aromatic rings. The third-order valence-electron chi connectivity index (χ3n) is 6.63. The molecule has 1 aliphatic heterocycles. The van der Waals surface area contributed by atoms with Gasteiger partial charge in [-0.3, -0.25) is 9.69 Å². The van der Waals surface area contributed by atoms with Crippen LogP contribution in [0.1, 0.15) is 54.6 Å². The van der Waals surface area contributed by atoms with E-state index in [4.69, 9.17) is 21.1 Å². The van der Waals surface area contributed by atoms with Crippen molar-refractivity contribution in [3.05, 3.63) is 64.7 Å². The predicted molar refractivity (Wildman–Crippen MR) is 123 cm³/mol. The minimum Gasteiger partial charge on any atom is -0.489 e. The number of hydrogen-bond donors (Lipinski definition) is 1. The number of esters is 1. The Balaban J connectivity index is 1.38. The van der Waals surface area contributed by atoms with E-state index in [1.165, 1.54) is 7.11 Å². The molecule has 2 aromatic carbocycles. The zero-order valence-corrected chi connectivity index (χ0v) is 19.2. The third-order valence-corrected chi connectivity index (χ3v) is 6.87. The summed E-state index contributed by atoms with van der Waals surface area (Å²) in [7, 11) is 1.36. The molecule has 1 aliphatic carbocycles. The molecule has 1 saturated carbocycles. The normalized spacial score (nSPS) is 20.8. The maximum Gasteiger partial charge on any atom is 0.337 e. The van der Waals surface area contributed by atoms with E-state index in [0.29, 0.717) is 10.6 Å². The van der Waals surface area contributed by atoms with E-state index in [2.05, 4.69) is 10.2 Å². The first kappa shape index (κ1) is 22.6. The molecule has 1 N–H and O–H groups in total. The van der Waals surface area contributed by atoms with Gasteiger partial charge in [0.25, 0.3) is 0 Å². The monoisotopic (exact) mass is 456 g/mol. The molecular formula is C25H29ClN2O4. The summed E-state index contributed by atoms with van der Waals surface area (Å²) in [6.07, 6.45) is 3.69. The van der Waals surface area contributed by atoms with E-state index >= 15 is 0 Å². The second-order valence-corrected chi connectivity index (χ2v) is 9.06. The maximum absolute atomic E-state index is 13.4. The van der Waals surface area contributed by atoms with Gasteiger partial charge in [0.1, 0.15) is 17.4 Å². The molecule has 170 valence electrons. The fourth-order valence-corrected chi connectivity index (χ4v) is 4.76. The van der Waals surface area contributed by atoms with E-state index in [9.17, 15) is 9.59 Å². The first-order valence-electron chi connectivity index (χ1n) is 11.1. The van der Waals surface area contributed by atoms with Crippen molar-refractivity contribution in [3.8, 4) is 5.75 Å². The fraction of sp³-hybridized carbons (Fsp3) is 0.440. The number of carbonyl (C=O) groups is 2. The van der Waals surface area contributed by atoms with Crippen molar-refractivity contribution in [2.24, 2.45) is 0 Å². The average Bonchev–Trinajstić information content (AvgIpc) is 3.20. The van der Waals surface area contributed by atoms with Crippen LogP contribution in [0.5, 0.6) is 5.75 Å². The van der Waals surface area contributed by atoms with Gasteiger partial charge in [-0.25, -0.2) is 4.79 Å². The van der Waals surface area contributed by atoms with Crippen molar-refractivity contribution in [2.75, 3.05) is 20.2 Å². The predicted octanol–water partition coefficient (Wildman–Crippen LogP) is 4.38. The van der Waals surface area contributed by atoms with Gasteiger partial charge in [-0.05, 0) is 68.5 Å². The summed E-state index contributed by atoms with van der Waals surface area (Å²) in [6.45, 7) is 3.52. The zero-order chi connectivity index (χ0) is 22.7. The molecule has 1 amide bonds. The molecule has 32 heavy (non-hydrogen) atoms. The van der Waals surface area contributed by atoms with E-state index in [1.807, 2.05) is 43.3 Å². The zero-order valence-electron chi connectivity index (χ0n) is 18.5. The summed E-state index contributed by atoms with van der Waals surface area (Å²) in [6, 6.07) is 14.4. The lowest BCUT2D eigenvalue weighted by Gasteiger charge is -2.47. The number of nitrogens with one attached hydrogen (secondary N) is 1. The molecule has 0 radical (unpaired) electrons. The number of rotatable bonds is 7. The molecule has 0 unspecified atom stereocenters. The quantitative estimate of drug-likeness (QED) is 0.626. The second-order valence-electron chi connectivity index (χ2n) is 8.63. The molecule has 2 fully saturated rings. The highest BCUT2D eigenvalue weighted by Gasteiger charge is 2.51. The molecular weight excluding hydrogens is 428 g/mol. The average molecular weight is 457 g/mol. The molecule has 1 heterocycles. The Hall–Kier alpha value is -2.57. The summed E-state index contributed by atoms with van der Waals surface area (Å²) >= 11 is 6.07. The van der Waals surface area contributed by atoms with Crippen molar-refractivity contribution in [3.63, 3.8) is 0 Å². The van der Waals surface area contributed by atoms with Gasteiger partial charge in [0.2, 0.25) is 5.91 Å². The Kier molecular flexibility index (Phi) is 6.72. The van der Waals surface area contributed by atoms with Crippen LogP contribution in [0.2, 0.25) is 5.02 Å². The fourth-order valence-electron chi connectivity index (χ4n) is 4.58. The van der Waals surface area contributed by atoms with E-state index < -0.39 is 5.54 Å². The van der Waals surface area contributed by atoms with Gasteiger partial charge in [-0.1, -0.05) is 29.8 Å². The first-order valence-corrected chi connectivity index (χ1v) is 11.5.